The van der Waals surface area contributed by atoms with E-state index in [-0.39, 0.29) is 6.10 Å². The lowest BCUT2D eigenvalue weighted by Crippen LogP contribution is -2.06. The fourth-order valence-corrected chi connectivity index (χ4v) is 1.88. The Morgan fingerprint density at radius 1 is 1.16 bits per heavy atom. The zero-order valence-corrected chi connectivity index (χ0v) is 11.6. The van der Waals surface area contributed by atoms with Crippen LogP contribution in [0.1, 0.15) is 31.1 Å². The topological polar surface area (TPSA) is 42.4 Å². The fraction of sp³-hybridized carbons (Fsp3) is 0.267. The van der Waals surface area contributed by atoms with E-state index in [4.69, 9.17) is 16.3 Å². The smallest absolute Gasteiger partial charge is 0.129 e. The number of rotatable bonds is 4. The van der Waals surface area contributed by atoms with E-state index in [0.717, 1.165) is 11.3 Å². The summed E-state index contributed by atoms with van der Waals surface area (Å²) in [5.74, 6) is 0.744. The molecule has 2 rings (SSSR count). The second kappa shape index (κ2) is 6.04. The van der Waals surface area contributed by atoms with Crippen molar-refractivity contribution in [3.63, 3.8) is 0 Å². The van der Waals surface area contributed by atoms with E-state index in [2.05, 4.69) is 4.98 Å². The van der Waals surface area contributed by atoms with Crippen molar-refractivity contribution < 1.29 is 9.84 Å². The molecular formula is C15H16ClNO2. The van der Waals surface area contributed by atoms with Crippen molar-refractivity contribution in [3.8, 4) is 5.75 Å². The summed E-state index contributed by atoms with van der Waals surface area (Å²) in [5, 5.41) is 10.7. The second-order valence-electron chi connectivity index (χ2n) is 4.56. The molecule has 0 fully saturated rings. The number of aliphatic hydroxyl groups excluding tert-OH is 1. The maximum Gasteiger partial charge on any atom is 0.129 e. The van der Waals surface area contributed by atoms with Crippen LogP contribution in [0.3, 0.4) is 0 Å². The Balaban J connectivity index is 2.23. The molecular weight excluding hydrogens is 262 g/mol. The quantitative estimate of drug-likeness (QED) is 0.868. The van der Waals surface area contributed by atoms with Crippen LogP contribution in [0.25, 0.3) is 0 Å². The molecule has 1 aromatic heterocycles. The highest BCUT2D eigenvalue weighted by molar-refractivity contribution is 6.29. The van der Waals surface area contributed by atoms with E-state index >= 15 is 0 Å². The Kier molecular flexibility index (Phi) is 4.40. The lowest BCUT2D eigenvalue weighted by atomic mass is 10.0. The summed E-state index contributed by atoms with van der Waals surface area (Å²) < 4.78 is 5.61. The van der Waals surface area contributed by atoms with Gasteiger partial charge in [0.15, 0.2) is 0 Å². The normalized spacial score (nSPS) is 12.5. The standard InChI is InChI=1S/C15H16ClNO2/c1-10(2)19-13-5-3-4-11(8-13)15(18)12-6-7-14(16)17-9-12/h3-10,15,18H,1-2H3. The van der Waals surface area contributed by atoms with Crippen molar-refractivity contribution in [1.82, 2.24) is 4.98 Å². The summed E-state index contributed by atoms with van der Waals surface area (Å²) >= 11 is 5.73. The Labute approximate surface area is 117 Å². The summed E-state index contributed by atoms with van der Waals surface area (Å²) in [7, 11) is 0. The highest BCUT2D eigenvalue weighted by Gasteiger charge is 2.12. The van der Waals surface area contributed by atoms with Gasteiger partial charge >= 0.3 is 0 Å². The molecule has 1 atom stereocenters. The monoisotopic (exact) mass is 277 g/mol. The Bertz CT molecular complexity index is 540. The summed E-state index contributed by atoms with van der Waals surface area (Å²) in [6.07, 6.45) is 0.938. The molecule has 19 heavy (non-hydrogen) atoms. The number of halogens is 1. The molecule has 0 spiro atoms. The lowest BCUT2D eigenvalue weighted by Gasteiger charge is -2.14. The Morgan fingerprint density at radius 2 is 1.95 bits per heavy atom. The third-order valence-corrected chi connectivity index (χ3v) is 2.84. The molecule has 0 aliphatic carbocycles. The van der Waals surface area contributed by atoms with Gasteiger partial charge < -0.3 is 9.84 Å². The minimum Gasteiger partial charge on any atom is -0.491 e. The van der Waals surface area contributed by atoms with Crippen molar-refractivity contribution in [3.05, 3.63) is 58.9 Å². The third-order valence-electron chi connectivity index (χ3n) is 2.61. The van der Waals surface area contributed by atoms with Gasteiger partial charge in [0.05, 0.1) is 6.10 Å². The molecule has 0 amide bonds. The van der Waals surface area contributed by atoms with Crippen LogP contribution in [0, 0.1) is 0 Å². The fourth-order valence-electron chi connectivity index (χ4n) is 1.77. The molecule has 0 bridgehead atoms. The average Bonchev–Trinajstić information content (AvgIpc) is 2.38. The molecule has 2 aromatic rings. The summed E-state index contributed by atoms with van der Waals surface area (Å²) in [6.45, 7) is 3.93. The van der Waals surface area contributed by atoms with Crippen LogP contribution >= 0.6 is 11.6 Å². The molecule has 1 heterocycles. The molecule has 100 valence electrons. The lowest BCUT2D eigenvalue weighted by molar-refractivity contribution is 0.216. The molecule has 0 saturated heterocycles. The van der Waals surface area contributed by atoms with E-state index in [1.54, 1.807) is 18.3 Å². The number of hydrogen-bond acceptors (Lipinski definition) is 3. The van der Waals surface area contributed by atoms with Gasteiger partial charge in [0.1, 0.15) is 17.0 Å². The van der Waals surface area contributed by atoms with Gasteiger partial charge in [-0.2, -0.15) is 0 Å². The number of aliphatic hydroxyl groups is 1. The van der Waals surface area contributed by atoms with Crippen molar-refractivity contribution >= 4 is 11.6 Å². The molecule has 4 heteroatoms. The van der Waals surface area contributed by atoms with Gasteiger partial charge in [-0.25, -0.2) is 4.98 Å². The molecule has 3 nitrogen and oxygen atoms in total. The van der Waals surface area contributed by atoms with Crippen molar-refractivity contribution in [2.45, 2.75) is 26.1 Å². The summed E-state index contributed by atoms with van der Waals surface area (Å²) in [5.41, 5.74) is 1.47. The van der Waals surface area contributed by atoms with Gasteiger partial charge in [-0.05, 0) is 37.6 Å². The van der Waals surface area contributed by atoms with Crippen LogP contribution in [0.2, 0.25) is 5.15 Å². The average molecular weight is 278 g/mol. The first-order valence-electron chi connectivity index (χ1n) is 6.12. The van der Waals surface area contributed by atoms with Gasteiger partial charge in [-0.3, -0.25) is 0 Å². The van der Waals surface area contributed by atoms with Crippen molar-refractivity contribution in [2.75, 3.05) is 0 Å². The zero-order valence-electron chi connectivity index (χ0n) is 10.9. The van der Waals surface area contributed by atoms with Crippen LogP contribution in [-0.4, -0.2) is 16.2 Å². The summed E-state index contributed by atoms with van der Waals surface area (Å²) in [4.78, 5) is 3.97. The second-order valence-corrected chi connectivity index (χ2v) is 4.94. The zero-order chi connectivity index (χ0) is 13.8. The number of pyridine rings is 1. The molecule has 0 radical (unpaired) electrons. The number of ether oxygens (including phenoxy) is 1. The van der Waals surface area contributed by atoms with E-state index in [1.807, 2.05) is 38.1 Å². The minimum atomic E-state index is -0.736. The minimum absolute atomic E-state index is 0.101. The van der Waals surface area contributed by atoms with E-state index in [1.165, 1.54) is 0 Å². The third kappa shape index (κ3) is 3.69. The molecule has 0 saturated carbocycles. The summed E-state index contributed by atoms with van der Waals surface area (Å²) in [6, 6.07) is 10.8. The van der Waals surface area contributed by atoms with Crippen LogP contribution < -0.4 is 4.74 Å². The highest BCUT2D eigenvalue weighted by Crippen LogP contribution is 2.25. The Morgan fingerprint density at radius 3 is 2.58 bits per heavy atom. The molecule has 0 aliphatic rings. The highest BCUT2D eigenvalue weighted by atomic mass is 35.5. The number of aromatic nitrogens is 1. The van der Waals surface area contributed by atoms with Crippen LogP contribution in [0.5, 0.6) is 5.75 Å². The number of nitrogens with zero attached hydrogens (tertiary/aromatic N) is 1. The van der Waals surface area contributed by atoms with Crippen LogP contribution in [0.4, 0.5) is 0 Å². The number of hydrogen-bond donors (Lipinski definition) is 1. The maximum atomic E-state index is 10.3. The van der Waals surface area contributed by atoms with Gasteiger partial charge in [-0.1, -0.05) is 29.8 Å². The largest absolute Gasteiger partial charge is 0.491 e. The SMILES string of the molecule is CC(C)Oc1cccc(C(O)c2ccc(Cl)nc2)c1. The number of benzene rings is 1. The van der Waals surface area contributed by atoms with Gasteiger partial charge in [-0.15, -0.1) is 0 Å². The first-order valence-corrected chi connectivity index (χ1v) is 6.50. The van der Waals surface area contributed by atoms with Gasteiger partial charge in [0, 0.05) is 11.8 Å². The van der Waals surface area contributed by atoms with Gasteiger partial charge in [0.2, 0.25) is 0 Å². The maximum absolute atomic E-state index is 10.3. The van der Waals surface area contributed by atoms with Crippen molar-refractivity contribution in [2.24, 2.45) is 0 Å². The molecule has 1 N–H and O–H groups in total. The van der Waals surface area contributed by atoms with Gasteiger partial charge in [0.25, 0.3) is 0 Å². The predicted octanol–water partition coefficient (Wildman–Crippen LogP) is 3.60. The first-order chi connectivity index (χ1) is 9.06. The van der Waals surface area contributed by atoms with Crippen molar-refractivity contribution in [1.29, 1.82) is 0 Å². The van der Waals surface area contributed by atoms with Crippen LogP contribution in [-0.2, 0) is 0 Å². The molecule has 1 aromatic carbocycles. The Hall–Kier alpha value is -1.58. The van der Waals surface area contributed by atoms with E-state index in [9.17, 15) is 5.11 Å². The van der Waals surface area contributed by atoms with E-state index in [0.29, 0.717) is 10.7 Å². The molecule has 1 unspecified atom stereocenters. The first kappa shape index (κ1) is 13.8. The van der Waals surface area contributed by atoms with E-state index < -0.39 is 6.10 Å². The molecule has 0 aliphatic heterocycles. The van der Waals surface area contributed by atoms with Crippen LogP contribution in [0.15, 0.2) is 42.6 Å². The predicted molar refractivity (Wildman–Crippen MR) is 75.5 cm³/mol.